The Morgan fingerprint density at radius 1 is 1.20 bits per heavy atom. The predicted molar refractivity (Wildman–Crippen MR) is 126 cm³/mol. The van der Waals surface area contributed by atoms with Crippen molar-refractivity contribution >= 4 is 17.4 Å². The quantitative estimate of drug-likeness (QED) is 0.252. The summed E-state index contributed by atoms with van der Waals surface area (Å²) in [7, 11) is 3.89. The van der Waals surface area contributed by atoms with Crippen LogP contribution in [-0.4, -0.2) is 48.5 Å². The molecule has 12 nitrogen and oxygen atoms in total. The Balaban J connectivity index is 1.76. The molecule has 12 heteroatoms. The molecule has 0 unspecified atom stereocenters. The van der Waals surface area contributed by atoms with Gasteiger partial charge < -0.3 is 25.3 Å². The number of ether oxygens (including phenoxy) is 3. The molecule has 0 aliphatic heterocycles. The number of nitrogens with two attached hydrogens (primary N) is 1. The van der Waals surface area contributed by atoms with Crippen LogP contribution in [-0.2, 0) is 6.42 Å². The van der Waals surface area contributed by atoms with Gasteiger partial charge in [0.2, 0.25) is 11.5 Å². The van der Waals surface area contributed by atoms with Gasteiger partial charge in [-0.15, -0.1) is 0 Å². The molecule has 0 radical (unpaired) electrons. The molecular formula is C23H24N6O6. The van der Waals surface area contributed by atoms with Gasteiger partial charge in [0.1, 0.15) is 23.0 Å². The highest BCUT2D eigenvalue weighted by atomic mass is 16.6. The number of rotatable bonds is 10. The first-order valence-corrected chi connectivity index (χ1v) is 10.5. The zero-order valence-electron chi connectivity index (χ0n) is 19.4. The number of benzene rings is 2. The number of aryl methyl sites for hydroxylation is 1. The number of nitrogens with zero attached hydrogens (tertiary/aromatic N) is 4. The van der Waals surface area contributed by atoms with Gasteiger partial charge in [-0.05, 0) is 25.0 Å². The molecule has 182 valence electrons. The molecule has 0 aliphatic rings. The van der Waals surface area contributed by atoms with Crippen LogP contribution in [0.15, 0.2) is 36.4 Å². The number of nitriles is 1. The number of amides is 1. The van der Waals surface area contributed by atoms with E-state index in [1.54, 1.807) is 0 Å². The zero-order valence-corrected chi connectivity index (χ0v) is 19.4. The Labute approximate surface area is 201 Å². The minimum absolute atomic E-state index is 0.00822. The van der Waals surface area contributed by atoms with Gasteiger partial charge in [-0.1, -0.05) is 18.2 Å². The van der Waals surface area contributed by atoms with Gasteiger partial charge >= 0.3 is 5.69 Å². The van der Waals surface area contributed by atoms with Gasteiger partial charge in [-0.25, -0.2) is 4.68 Å². The molecule has 0 fully saturated rings. The van der Waals surface area contributed by atoms with E-state index >= 15 is 0 Å². The van der Waals surface area contributed by atoms with E-state index in [1.165, 1.54) is 32.1 Å². The van der Waals surface area contributed by atoms with Gasteiger partial charge in [-0.2, -0.15) is 10.4 Å². The lowest BCUT2D eigenvalue weighted by atomic mass is 10.1. The van der Waals surface area contributed by atoms with E-state index in [2.05, 4.69) is 16.5 Å². The van der Waals surface area contributed by atoms with Gasteiger partial charge in [0.05, 0.1) is 37.6 Å². The Morgan fingerprint density at radius 2 is 1.89 bits per heavy atom. The molecule has 0 saturated carbocycles. The van der Waals surface area contributed by atoms with Crippen molar-refractivity contribution in [2.24, 2.45) is 0 Å². The summed E-state index contributed by atoms with van der Waals surface area (Å²) in [4.78, 5) is 23.8. The maximum Gasteiger partial charge on any atom is 0.327 e. The van der Waals surface area contributed by atoms with Crippen LogP contribution in [0.2, 0.25) is 0 Å². The Hall–Kier alpha value is -4.79. The van der Waals surface area contributed by atoms with Crippen molar-refractivity contribution < 1.29 is 23.9 Å². The molecular weight excluding hydrogens is 456 g/mol. The third-order valence-corrected chi connectivity index (χ3v) is 5.21. The van der Waals surface area contributed by atoms with Crippen LogP contribution < -0.4 is 25.3 Å². The number of nitrogen functional groups attached to an aromatic ring is 1. The standard InChI is InChI=1S/C23H24N6O6/c1-33-18-12-15(19(29(31)32)21(35-3)20(18)34-2)23(30)26-11-7-10-17-16(13-24)22(25)28(27-17)14-8-5-4-6-9-14/h4-6,8-9,12H,7,10-11,25H2,1-3H3,(H,26,30). The number of methoxy groups -OCH3 is 3. The summed E-state index contributed by atoms with van der Waals surface area (Å²) in [5.74, 6) is -0.561. The van der Waals surface area contributed by atoms with E-state index in [4.69, 9.17) is 19.9 Å². The molecule has 1 amide bonds. The lowest BCUT2D eigenvalue weighted by Gasteiger charge is -2.14. The maximum atomic E-state index is 12.8. The predicted octanol–water partition coefficient (Wildman–Crippen LogP) is 2.62. The molecule has 1 heterocycles. The zero-order chi connectivity index (χ0) is 25.5. The highest BCUT2D eigenvalue weighted by Crippen LogP contribution is 2.46. The fourth-order valence-corrected chi connectivity index (χ4v) is 3.59. The number of hydrogen-bond acceptors (Lipinski definition) is 9. The lowest BCUT2D eigenvalue weighted by Crippen LogP contribution is -2.26. The van der Waals surface area contributed by atoms with E-state index in [-0.39, 0.29) is 40.7 Å². The third kappa shape index (κ3) is 4.93. The summed E-state index contributed by atoms with van der Waals surface area (Å²) in [6, 6.07) is 12.5. The van der Waals surface area contributed by atoms with Gasteiger partial charge in [0.15, 0.2) is 5.75 Å². The van der Waals surface area contributed by atoms with E-state index < -0.39 is 16.5 Å². The van der Waals surface area contributed by atoms with Gasteiger partial charge in [-0.3, -0.25) is 14.9 Å². The molecule has 3 N–H and O–H groups in total. The van der Waals surface area contributed by atoms with Crippen LogP contribution in [0.25, 0.3) is 5.69 Å². The summed E-state index contributed by atoms with van der Waals surface area (Å²) in [6.45, 7) is 0.162. The summed E-state index contributed by atoms with van der Waals surface area (Å²) in [5.41, 5.74) is 6.80. The van der Waals surface area contributed by atoms with Crippen molar-refractivity contribution in [2.75, 3.05) is 33.6 Å². The first-order chi connectivity index (χ1) is 16.9. The number of hydrogen-bond donors (Lipinski definition) is 2. The highest BCUT2D eigenvalue weighted by molar-refractivity contribution is 6.00. The molecule has 1 aromatic heterocycles. The van der Waals surface area contributed by atoms with Crippen LogP contribution in [0, 0.1) is 21.4 Å². The van der Waals surface area contributed by atoms with Gasteiger partial charge in [0.25, 0.3) is 5.91 Å². The second-order valence-electron chi connectivity index (χ2n) is 7.22. The van der Waals surface area contributed by atoms with Crippen molar-refractivity contribution in [3.63, 3.8) is 0 Å². The van der Waals surface area contributed by atoms with Crippen LogP contribution in [0.4, 0.5) is 11.5 Å². The number of nitro groups is 1. The van der Waals surface area contributed by atoms with Crippen LogP contribution in [0.1, 0.15) is 28.0 Å². The number of carbonyl (C=O) groups is 1. The monoisotopic (exact) mass is 480 g/mol. The number of anilines is 1. The minimum Gasteiger partial charge on any atom is -0.493 e. The fourth-order valence-electron chi connectivity index (χ4n) is 3.59. The summed E-state index contributed by atoms with van der Waals surface area (Å²) in [6.07, 6.45) is 0.758. The molecule has 0 atom stereocenters. The van der Waals surface area contributed by atoms with Crippen LogP contribution >= 0.6 is 0 Å². The summed E-state index contributed by atoms with van der Waals surface area (Å²) in [5, 5.41) is 28.3. The van der Waals surface area contributed by atoms with Crippen molar-refractivity contribution in [2.45, 2.75) is 12.8 Å². The number of para-hydroxylation sites is 1. The van der Waals surface area contributed by atoms with Crippen LogP contribution in [0.5, 0.6) is 17.2 Å². The van der Waals surface area contributed by atoms with E-state index in [9.17, 15) is 20.2 Å². The third-order valence-electron chi connectivity index (χ3n) is 5.21. The van der Waals surface area contributed by atoms with E-state index in [0.717, 1.165) is 5.69 Å². The first-order valence-electron chi connectivity index (χ1n) is 10.5. The van der Waals surface area contributed by atoms with Crippen molar-refractivity contribution in [1.29, 1.82) is 5.26 Å². The molecule has 2 aromatic carbocycles. The van der Waals surface area contributed by atoms with E-state index in [1.807, 2.05) is 30.3 Å². The second-order valence-corrected chi connectivity index (χ2v) is 7.22. The topological polar surface area (TPSA) is 168 Å². The normalized spacial score (nSPS) is 10.3. The number of nitro benzene ring substituents is 1. The Bertz CT molecular complexity index is 1280. The fraction of sp³-hybridized carbons (Fsp3) is 0.261. The number of aromatic nitrogens is 2. The summed E-state index contributed by atoms with van der Waals surface area (Å²) >= 11 is 0. The largest absolute Gasteiger partial charge is 0.493 e. The molecule has 0 saturated heterocycles. The molecule has 0 aliphatic carbocycles. The maximum absolute atomic E-state index is 12.8. The average Bonchev–Trinajstić information content (AvgIpc) is 3.20. The molecule has 3 aromatic rings. The van der Waals surface area contributed by atoms with Crippen LogP contribution in [0.3, 0.4) is 0 Å². The molecule has 0 spiro atoms. The molecule has 3 rings (SSSR count). The highest BCUT2D eigenvalue weighted by Gasteiger charge is 2.32. The smallest absolute Gasteiger partial charge is 0.327 e. The van der Waals surface area contributed by atoms with E-state index in [0.29, 0.717) is 18.5 Å². The Morgan fingerprint density at radius 3 is 2.46 bits per heavy atom. The Kier molecular flexibility index (Phi) is 7.73. The first kappa shape index (κ1) is 24.8. The van der Waals surface area contributed by atoms with Crippen molar-refractivity contribution in [3.05, 3.63) is 63.3 Å². The van der Waals surface area contributed by atoms with Crippen molar-refractivity contribution in [3.8, 4) is 29.0 Å². The number of carbonyl (C=O) groups excluding carboxylic acids is 1. The minimum atomic E-state index is -0.714. The number of nitrogens with one attached hydrogen (secondary N) is 1. The summed E-state index contributed by atoms with van der Waals surface area (Å²) < 4.78 is 17.0. The molecule has 0 bridgehead atoms. The second kappa shape index (κ2) is 10.9. The van der Waals surface area contributed by atoms with Gasteiger partial charge in [0, 0.05) is 12.6 Å². The lowest BCUT2D eigenvalue weighted by molar-refractivity contribution is -0.386. The van der Waals surface area contributed by atoms with Crippen molar-refractivity contribution in [1.82, 2.24) is 15.1 Å². The SMILES string of the molecule is COc1cc(C(=O)NCCCc2nn(-c3ccccc3)c(N)c2C#N)c([N+](=O)[O-])c(OC)c1OC. The average molecular weight is 480 g/mol. The molecule has 35 heavy (non-hydrogen) atoms.